The summed E-state index contributed by atoms with van der Waals surface area (Å²) in [5.41, 5.74) is -0.684. The monoisotopic (exact) mass is 284 g/mol. The summed E-state index contributed by atoms with van der Waals surface area (Å²) in [6.45, 7) is 10.4. The number of carboxylic acid groups (broad SMARTS) is 1. The second kappa shape index (κ2) is 7.41. The zero-order valence-corrected chi connectivity index (χ0v) is 13.8. The average Bonchev–Trinajstić information content (AvgIpc) is 2.79. The average molecular weight is 284 g/mol. The molecule has 1 saturated carbocycles. The van der Waals surface area contributed by atoms with Crippen molar-refractivity contribution in [2.24, 2.45) is 11.8 Å². The molecule has 1 aliphatic carbocycles. The number of carbonyl (C=O) groups is 1. The lowest BCUT2D eigenvalue weighted by Crippen LogP contribution is -2.55. The van der Waals surface area contributed by atoms with E-state index in [1.165, 1.54) is 0 Å². The zero-order chi connectivity index (χ0) is 15.3. The van der Waals surface area contributed by atoms with Gasteiger partial charge in [0, 0.05) is 6.04 Å². The SMILES string of the molecule is CCNC1(C(=O)O)CCCC1CCN(C)C(C)C(C)C. The maximum absolute atomic E-state index is 11.7. The van der Waals surface area contributed by atoms with Crippen molar-refractivity contribution >= 4 is 5.97 Å². The highest BCUT2D eigenvalue weighted by molar-refractivity contribution is 5.79. The number of likely N-dealkylation sites (N-methyl/N-ethyl adjacent to an activating group) is 1. The van der Waals surface area contributed by atoms with Crippen LogP contribution in [-0.2, 0) is 4.79 Å². The summed E-state index contributed by atoms with van der Waals surface area (Å²) in [5.74, 6) is 0.213. The van der Waals surface area contributed by atoms with Gasteiger partial charge in [-0.1, -0.05) is 27.2 Å². The second-order valence-electron chi connectivity index (χ2n) is 6.65. The minimum Gasteiger partial charge on any atom is -0.480 e. The molecule has 0 saturated heterocycles. The Morgan fingerprint density at radius 1 is 1.45 bits per heavy atom. The summed E-state index contributed by atoms with van der Waals surface area (Å²) in [6.07, 6.45) is 3.79. The van der Waals surface area contributed by atoms with Gasteiger partial charge >= 0.3 is 5.97 Å². The molecule has 0 spiro atoms. The molecule has 4 heteroatoms. The number of rotatable bonds is 8. The maximum atomic E-state index is 11.7. The first-order valence-corrected chi connectivity index (χ1v) is 8.03. The molecule has 3 atom stereocenters. The van der Waals surface area contributed by atoms with Crippen molar-refractivity contribution in [1.82, 2.24) is 10.2 Å². The molecule has 0 heterocycles. The summed E-state index contributed by atoms with van der Waals surface area (Å²) < 4.78 is 0. The Morgan fingerprint density at radius 3 is 2.60 bits per heavy atom. The molecular weight excluding hydrogens is 252 g/mol. The van der Waals surface area contributed by atoms with E-state index in [2.05, 4.69) is 38.0 Å². The van der Waals surface area contributed by atoms with Gasteiger partial charge in [-0.3, -0.25) is 4.79 Å². The van der Waals surface area contributed by atoms with Gasteiger partial charge in [-0.05, 0) is 58.2 Å². The molecule has 0 bridgehead atoms. The summed E-state index contributed by atoms with van der Waals surface area (Å²) in [7, 11) is 2.15. The van der Waals surface area contributed by atoms with Crippen molar-refractivity contribution in [3.8, 4) is 0 Å². The molecule has 0 amide bonds. The van der Waals surface area contributed by atoms with E-state index in [9.17, 15) is 9.90 Å². The van der Waals surface area contributed by atoms with E-state index < -0.39 is 11.5 Å². The van der Waals surface area contributed by atoms with Crippen LogP contribution in [0.25, 0.3) is 0 Å². The Labute approximate surface area is 123 Å². The lowest BCUT2D eigenvalue weighted by Gasteiger charge is -2.34. The van der Waals surface area contributed by atoms with Crippen LogP contribution in [0.3, 0.4) is 0 Å². The fourth-order valence-electron chi connectivity index (χ4n) is 3.45. The molecule has 0 aromatic carbocycles. The maximum Gasteiger partial charge on any atom is 0.324 e. The van der Waals surface area contributed by atoms with Crippen molar-refractivity contribution in [3.63, 3.8) is 0 Å². The molecule has 20 heavy (non-hydrogen) atoms. The highest BCUT2D eigenvalue weighted by Gasteiger charge is 2.48. The molecule has 1 aliphatic rings. The van der Waals surface area contributed by atoms with Crippen LogP contribution in [0.5, 0.6) is 0 Å². The largest absolute Gasteiger partial charge is 0.480 e. The Bertz CT molecular complexity index is 320. The summed E-state index contributed by atoms with van der Waals surface area (Å²) in [4.78, 5) is 14.1. The van der Waals surface area contributed by atoms with Gasteiger partial charge in [0.2, 0.25) is 0 Å². The van der Waals surface area contributed by atoms with Crippen molar-refractivity contribution in [2.45, 2.75) is 65.0 Å². The van der Waals surface area contributed by atoms with Gasteiger partial charge in [-0.25, -0.2) is 0 Å². The van der Waals surface area contributed by atoms with Crippen molar-refractivity contribution in [1.29, 1.82) is 0 Å². The Morgan fingerprint density at radius 2 is 2.10 bits per heavy atom. The third-order valence-corrected chi connectivity index (χ3v) is 5.18. The molecule has 0 radical (unpaired) electrons. The summed E-state index contributed by atoms with van der Waals surface area (Å²) >= 11 is 0. The minimum absolute atomic E-state index is 0.252. The normalized spacial score (nSPS) is 28.2. The van der Waals surface area contributed by atoms with Gasteiger partial charge in [0.1, 0.15) is 5.54 Å². The second-order valence-corrected chi connectivity index (χ2v) is 6.65. The number of nitrogens with zero attached hydrogens (tertiary/aromatic N) is 1. The quantitative estimate of drug-likeness (QED) is 0.719. The van der Waals surface area contributed by atoms with E-state index in [0.29, 0.717) is 12.0 Å². The Balaban J connectivity index is 2.63. The van der Waals surface area contributed by atoms with Gasteiger partial charge in [-0.15, -0.1) is 0 Å². The van der Waals surface area contributed by atoms with E-state index in [0.717, 1.165) is 38.8 Å². The smallest absolute Gasteiger partial charge is 0.324 e. The van der Waals surface area contributed by atoms with Crippen LogP contribution in [0.15, 0.2) is 0 Å². The van der Waals surface area contributed by atoms with Crippen LogP contribution in [0.4, 0.5) is 0 Å². The molecule has 1 rings (SSSR count). The van der Waals surface area contributed by atoms with Crippen LogP contribution >= 0.6 is 0 Å². The van der Waals surface area contributed by atoms with Crippen LogP contribution in [0, 0.1) is 11.8 Å². The van der Waals surface area contributed by atoms with Gasteiger partial charge < -0.3 is 15.3 Å². The number of hydrogen-bond acceptors (Lipinski definition) is 3. The van der Waals surface area contributed by atoms with Crippen LogP contribution in [-0.4, -0.2) is 47.7 Å². The van der Waals surface area contributed by atoms with Gasteiger partial charge in [-0.2, -0.15) is 0 Å². The predicted molar refractivity (Wildman–Crippen MR) is 82.9 cm³/mol. The van der Waals surface area contributed by atoms with E-state index in [4.69, 9.17) is 0 Å². The van der Waals surface area contributed by atoms with Crippen LogP contribution < -0.4 is 5.32 Å². The highest BCUT2D eigenvalue weighted by atomic mass is 16.4. The van der Waals surface area contributed by atoms with Crippen LogP contribution in [0.1, 0.15) is 53.4 Å². The summed E-state index contributed by atoms with van der Waals surface area (Å²) in [5, 5.41) is 12.9. The molecule has 2 N–H and O–H groups in total. The van der Waals surface area contributed by atoms with Crippen molar-refractivity contribution in [2.75, 3.05) is 20.1 Å². The van der Waals surface area contributed by atoms with Crippen molar-refractivity contribution in [3.05, 3.63) is 0 Å². The lowest BCUT2D eigenvalue weighted by atomic mass is 9.84. The molecule has 0 aliphatic heterocycles. The lowest BCUT2D eigenvalue weighted by molar-refractivity contribution is -0.146. The van der Waals surface area contributed by atoms with Gasteiger partial charge in [0.05, 0.1) is 0 Å². The molecule has 0 aromatic rings. The first kappa shape index (κ1) is 17.4. The first-order chi connectivity index (χ1) is 9.35. The Kier molecular flexibility index (Phi) is 6.46. The fourth-order valence-corrected chi connectivity index (χ4v) is 3.45. The summed E-state index contributed by atoms with van der Waals surface area (Å²) in [6, 6.07) is 0.537. The van der Waals surface area contributed by atoms with Crippen LogP contribution in [0.2, 0.25) is 0 Å². The standard InChI is InChI=1S/C16H32N2O2/c1-6-17-16(15(19)20)10-7-8-14(16)9-11-18(5)13(4)12(2)3/h12-14,17H,6-11H2,1-5H3,(H,19,20). The van der Waals surface area contributed by atoms with E-state index in [-0.39, 0.29) is 5.92 Å². The highest BCUT2D eigenvalue weighted by Crippen LogP contribution is 2.38. The van der Waals surface area contributed by atoms with E-state index >= 15 is 0 Å². The first-order valence-electron chi connectivity index (χ1n) is 8.03. The minimum atomic E-state index is -0.684. The molecule has 0 aromatic heterocycles. The third-order valence-electron chi connectivity index (χ3n) is 5.18. The number of nitrogens with one attached hydrogen (secondary N) is 1. The molecule has 4 nitrogen and oxygen atoms in total. The molecule has 1 fully saturated rings. The Hall–Kier alpha value is -0.610. The van der Waals surface area contributed by atoms with E-state index in [1.54, 1.807) is 0 Å². The fraction of sp³-hybridized carbons (Fsp3) is 0.938. The topological polar surface area (TPSA) is 52.6 Å². The predicted octanol–water partition coefficient (Wildman–Crippen LogP) is 2.59. The number of aliphatic carboxylic acids is 1. The molecule has 3 unspecified atom stereocenters. The molecular formula is C16H32N2O2. The van der Waals surface area contributed by atoms with Crippen molar-refractivity contribution < 1.29 is 9.90 Å². The van der Waals surface area contributed by atoms with E-state index in [1.807, 2.05) is 6.92 Å². The zero-order valence-electron chi connectivity index (χ0n) is 13.8. The third kappa shape index (κ3) is 3.73. The number of hydrogen-bond donors (Lipinski definition) is 2. The van der Waals surface area contributed by atoms with Gasteiger partial charge in [0.15, 0.2) is 0 Å². The number of carboxylic acids is 1. The molecule has 118 valence electrons. The van der Waals surface area contributed by atoms with Gasteiger partial charge in [0.25, 0.3) is 0 Å².